The summed E-state index contributed by atoms with van der Waals surface area (Å²) in [6, 6.07) is 0.237. The summed E-state index contributed by atoms with van der Waals surface area (Å²) in [5, 5.41) is 3.95. The van der Waals surface area contributed by atoms with E-state index in [1.165, 1.54) is 24.4 Å². The van der Waals surface area contributed by atoms with Crippen LogP contribution in [0, 0.1) is 0 Å². The lowest BCUT2D eigenvalue weighted by Crippen LogP contribution is -2.33. The number of aromatic nitrogens is 1. The topological polar surface area (TPSA) is 97.3 Å². The monoisotopic (exact) mass is 269 g/mol. The highest BCUT2D eigenvalue weighted by atomic mass is 32.1. The van der Waals surface area contributed by atoms with Crippen LogP contribution < -0.4 is 16.8 Å². The van der Waals surface area contributed by atoms with E-state index in [1.54, 1.807) is 0 Å². The molecule has 1 aliphatic heterocycles. The van der Waals surface area contributed by atoms with E-state index >= 15 is 0 Å². The number of hydrogen-bond acceptors (Lipinski definition) is 6. The van der Waals surface area contributed by atoms with Crippen LogP contribution in [-0.2, 0) is 0 Å². The Hall–Kier alpha value is -1.34. The molecule has 6 nitrogen and oxygen atoms in total. The van der Waals surface area contributed by atoms with Gasteiger partial charge in [-0.2, -0.15) is 4.37 Å². The first-order valence-corrected chi connectivity index (χ1v) is 6.89. The largest absolute Gasteiger partial charge is 0.382 e. The molecule has 100 valence electrons. The number of rotatable bonds is 5. The zero-order valence-electron chi connectivity index (χ0n) is 10.5. The van der Waals surface area contributed by atoms with Gasteiger partial charge in [0.15, 0.2) is 5.82 Å². The van der Waals surface area contributed by atoms with Gasteiger partial charge in [0.2, 0.25) is 0 Å². The van der Waals surface area contributed by atoms with Crippen molar-refractivity contribution in [3.05, 3.63) is 5.56 Å². The molecule has 1 amide bonds. The number of nitrogens with one attached hydrogen (secondary N) is 1. The van der Waals surface area contributed by atoms with E-state index in [1.807, 2.05) is 0 Å². The number of hydrogen-bond donors (Lipinski definition) is 3. The molecule has 7 heteroatoms. The van der Waals surface area contributed by atoms with Crippen LogP contribution in [0.3, 0.4) is 0 Å². The van der Waals surface area contributed by atoms with Crippen molar-refractivity contribution in [3.8, 4) is 0 Å². The van der Waals surface area contributed by atoms with Gasteiger partial charge in [-0.25, -0.2) is 0 Å². The maximum absolute atomic E-state index is 11.3. The number of primary amides is 1. The standard InChI is InChI=1S/C11H19N5OS/c1-7(6-16-4-2-3-5-16)14-11-8(10(13)17)9(12)15-18-11/h7,14H,2-6H2,1H3,(H2,12,15)(H2,13,17). The van der Waals surface area contributed by atoms with E-state index in [9.17, 15) is 4.79 Å². The zero-order valence-corrected chi connectivity index (χ0v) is 11.3. The molecule has 5 N–H and O–H groups in total. The minimum Gasteiger partial charge on any atom is -0.382 e. The van der Waals surface area contributed by atoms with Crippen LogP contribution in [0.4, 0.5) is 10.8 Å². The second kappa shape index (κ2) is 5.53. The number of amides is 1. The molecule has 0 aliphatic carbocycles. The Morgan fingerprint density at radius 1 is 1.56 bits per heavy atom. The van der Waals surface area contributed by atoms with Crippen LogP contribution in [0.1, 0.15) is 30.1 Å². The minimum absolute atomic E-state index is 0.211. The normalized spacial score (nSPS) is 17.8. The summed E-state index contributed by atoms with van der Waals surface area (Å²) in [5.41, 5.74) is 11.2. The predicted octanol–water partition coefficient (Wildman–Crippen LogP) is 0.720. The van der Waals surface area contributed by atoms with E-state index in [2.05, 4.69) is 21.5 Å². The molecule has 0 bridgehead atoms. The van der Waals surface area contributed by atoms with E-state index in [0.29, 0.717) is 10.6 Å². The van der Waals surface area contributed by atoms with E-state index in [0.717, 1.165) is 19.6 Å². The molecule has 1 unspecified atom stereocenters. The molecule has 1 atom stereocenters. The molecular formula is C11H19N5OS. The first-order valence-electron chi connectivity index (χ1n) is 6.11. The first-order chi connectivity index (χ1) is 8.58. The van der Waals surface area contributed by atoms with Gasteiger partial charge in [0, 0.05) is 12.6 Å². The molecule has 2 rings (SSSR count). The Kier molecular flexibility index (Phi) is 4.03. The summed E-state index contributed by atoms with van der Waals surface area (Å²) in [4.78, 5) is 13.7. The van der Waals surface area contributed by atoms with Crippen molar-refractivity contribution in [1.29, 1.82) is 0 Å². The molecule has 2 heterocycles. The van der Waals surface area contributed by atoms with Crippen LogP contribution in [-0.4, -0.2) is 40.9 Å². The highest BCUT2D eigenvalue weighted by Gasteiger charge is 2.20. The molecule has 1 aliphatic rings. The molecule has 18 heavy (non-hydrogen) atoms. The lowest BCUT2D eigenvalue weighted by molar-refractivity contribution is 0.100. The molecule has 0 radical (unpaired) electrons. The third kappa shape index (κ3) is 2.91. The van der Waals surface area contributed by atoms with Gasteiger partial charge in [-0.15, -0.1) is 0 Å². The highest BCUT2D eigenvalue weighted by molar-refractivity contribution is 7.11. The number of anilines is 2. The SMILES string of the molecule is CC(CN1CCCC1)Nc1snc(N)c1C(N)=O. The van der Waals surface area contributed by atoms with Gasteiger partial charge >= 0.3 is 0 Å². The van der Waals surface area contributed by atoms with Gasteiger partial charge in [0.25, 0.3) is 5.91 Å². The summed E-state index contributed by atoms with van der Waals surface area (Å²) in [6.45, 7) is 5.34. The van der Waals surface area contributed by atoms with Crippen LogP contribution in [0.5, 0.6) is 0 Å². The second-order valence-corrected chi connectivity index (χ2v) is 5.46. The molecule has 0 spiro atoms. The predicted molar refractivity (Wildman–Crippen MR) is 73.8 cm³/mol. The Labute approximate surface area is 110 Å². The Balaban J connectivity index is 1.97. The molecule has 1 saturated heterocycles. The lowest BCUT2D eigenvalue weighted by atomic mass is 10.2. The van der Waals surface area contributed by atoms with Gasteiger partial charge in [-0.3, -0.25) is 4.79 Å². The number of likely N-dealkylation sites (tertiary alicyclic amines) is 1. The maximum atomic E-state index is 11.3. The Morgan fingerprint density at radius 2 is 2.22 bits per heavy atom. The van der Waals surface area contributed by atoms with Crippen molar-refractivity contribution in [1.82, 2.24) is 9.27 Å². The Bertz CT molecular complexity index is 427. The number of carbonyl (C=O) groups is 1. The van der Waals surface area contributed by atoms with Crippen molar-refractivity contribution in [2.24, 2.45) is 5.73 Å². The van der Waals surface area contributed by atoms with Crippen LogP contribution >= 0.6 is 11.5 Å². The number of nitrogen functional groups attached to an aromatic ring is 1. The lowest BCUT2D eigenvalue weighted by Gasteiger charge is -2.21. The van der Waals surface area contributed by atoms with Crippen molar-refractivity contribution in [2.75, 3.05) is 30.7 Å². The highest BCUT2D eigenvalue weighted by Crippen LogP contribution is 2.26. The molecule has 1 aromatic heterocycles. The summed E-state index contributed by atoms with van der Waals surface area (Å²) < 4.78 is 3.97. The molecule has 1 fully saturated rings. The third-order valence-corrected chi connectivity index (χ3v) is 3.87. The van der Waals surface area contributed by atoms with Gasteiger partial charge < -0.3 is 21.7 Å². The first kappa shape index (κ1) is 13.1. The molecular weight excluding hydrogens is 250 g/mol. The van der Waals surface area contributed by atoms with Gasteiger partial charge in [-0.1, -0.05) is 0 Å². The summed E-state index contributed by atoms with van der Waals surface area (Å²) in [5.74, 6) is -0.319. The Morgan fingerprint density at radius 3 is 2.83 bits per heavy atom. The number of nitrogens with zero attached hydrogens (tertiary/aromatic N) is 2. The molecule has 0 saturated carbocycles. The fourth-order valence-corrected chi connectivity index (χ4v) is 3.09. The van der Waals surface area contributed by atoms with Crippen molar-refractivity contribution in [2.45, 2.75) is 25.8 Å². The maximum Gasteiger partial charge on any atom is 0.255 e. The van der Waals surface area contributed by atoms with Crippen molar-refractivity contribution in [3.63, 3.8) is 0 Å². The van der Waals surface area contributed by atoms with Gasteiger partial charge in [-0.05, 0) is 44.4 Å². The smallest absolute Gasteiger partial charge is 0.255 e. The average molecular weight is 269 g/mol. The number of nitrogens with two attached hydrogens (primary N) is 2. The summed E-state index contributed by atoms with van der Waals surface area (Å²) in [6.07, 6.45) is 2.54. The van der Waals surface area contributed by atoms with Crippen LogP contribution in [0.25, 0.3) is 0 Å². The fraction of sp³-hybridized carbons (Fsp3) is 0.636. The van der Waals surface area contributed by atoms with E-state index in [-0.39, 0.29) is 11.9 Å². The summed E-state index contributed by atoms with van der Waals surface area (Å²) >= 11 is 1.19. The quantitative estimate of drug-likeness (QED) is 0.732. The van der Waals surface area contributed by atoms with E-state index in [4.69, 9.17) is 11.5 Å². The average Bonchev–Trinajstić information content (AvgIpc) is 2.88. The molecule has 0 aromatic carbocycles. The fourth-order valence-electron chi connectivity index (χ4n) is 2.26. The van der Waals surface area contributed by atoms with Crippen LogP contribution in [0.15, 0.2) is 0 Å². The van der Waals surface area contributed by atoms with Gasteiger partial charge in [0.1, 0.15) is 10.6 Å². The number of carbonyl (C=O) groups excluding carboxylic acids is 1. The van der Waals surface area contributed by atoms with Crippen LogP contribution in [0.2, 0.25) is 0 Å². The van der Waals surface area contributed by atoms with E-state index < -0.39 is 5.91 Å². The summed E-state index contributed by atoms with van der Waals surface area (Å²) in [7, 11) is 0. The molecule has 1 aromatic rings. The second-order valence-electron chi connectivity index (χ2n) is 4.69. The minimum atomic E-state index is -0.530. The van der Waals surface area contributed by atoms with Gasteiger partial charge in [0.05, 0.1) is 0 Å². The van der Waals surface area contributed by atoms with Crippen molar-refractivity contribution >= 4 is 28.3 Å². The van der Waals surface area contributed by atoms with Crippen molar-refractivity contribution < 1.29 is 4.79 Å². The third-order valence-electron chi connectivity index (χ3n) is 3.07. The zero-order chi connectivity index (χ0) is 13.1.